The standard InChI is InChI=1S/C76H60N2/c1-75(2)69-47-51(37-43-65(69)67-45-41-59(49-71(67)75)77(57-25-7-5-8-26-57)73-33-17-23-53-19-11-13-29-63(53)73)35-39-55-21-15-32-62-56(22-16-31-61(55)62)40-36-52-38-44-66-68-46-42-60(50-72(68)76(3,4)70(66)48-52)78(58-27-9-6-10-28-58)74-34-18-24-54-20-12-14-30-64(54)74/h5-13,15-29,31-50H,14,30H2,1-4H3/b39-35+,40-36+. The third-order valence-corrected chi connectivity index (χ3v) is 17.1. The van der Waals surface area contributed by atoms with Gasteiger partial charge in [0.1, 0.15) is 0 Å². The Morgan fingerprint density at radius 2 is 0.808 bits per heavy atom. The Morgan fingerprint density at radius 1 is 0.359 bits per heavy atom. The summed E-state index contributed by atoms with van der Waals surface area (Å²) in [5.41, 5.74) is 25.0. The molecule has 0 aromatic heterocycles. The first kappa shape index (κ1) is 47.2. The third kappa shape index (κ3) is 7.93. The van der Waals surface area contributed by atoms with Gasteiger partial charge in [-0.05, 0) is 168 Å². The number of benzene rings is 11. The van der Waals surface area contributed by atoms with E-state index in [4.69, 9.17) is 0 Å². The summed E-state index contributed by atoms with van der Waals surface area (Å²) in [7, 11) is 0. The number of hydrogen-bond acceptors (Lipinski definition) is 2. The first-order valence-electron chi connectivity index (χ1n) is 27.6. The molecule has 0 saturated heterocycles. The van der Waals surface area contributed by atoms with E-state index in [9.17, 15) is 0 Å². The van der Waals surface area contributed by atoms with Crippen LogP contribution in [-0.2, 0) is 17.3 Å². The van der Waals surface area contributed by atoms with Gasteiger partial charge in [0.2, 0.25) is 0 Å². The normalized spacial score (nSPS) is 14.4. The molecule has 78 heavy (non-hydrogen) atoms. The van der Waals surface area contributed by atoms with Crippen molar-refractivity contribution in [3.05, 3.63) is 292 Å². The highest BCUT2D eigenvalue weighted by molar-refractivity contribution is 6.01. The first-order valence-corrected chi connectivity index (χ1v) is 27.6. The van der Waals surface area contributed by atoms with Gasteiger partial charge in [-0.2, -0.15) is 0 Å². The van der Waals surface area contributed by atoms with Gasteiger partial charge in [-0.1, -0.05) is 234 Å². The SMILES string of the molecule is CC1(C)c2cc(/C=C/c3cccc4c(/C=C/c5ccc6c(c5)C(C)(C)c5cc(N(c7ccccc7)c7cccc8ccccc78)ccc5-6)cccc34)ccc2-c2ccc(N(c3ccccc3)c3cccc4c3CCC=C4)cc21. The monoisotopic (exact) mass is 1000 g/mol. The Balaban J connectivity index is 0.733. The molecule has 0 amide bonds. The Labute approximate surface area is 459 Å². The summed E-state index contributed by atoms with van der Waals surface area (Å²) in [6.45, 7) is 9.55. The van der Waals surface area contributed by atoms with Crippen molar-refractivity contribution in [3.63, 3.8) is 0 Å². The average Bonchev–Trinajstić information content (AvgIpc) is 4.08. The van der Waals surface area contributed by atoms with Crippen molar-refractivity contribution in [1.29, 1.82) is 0 Å². The highest BCUT2D eigenvalue weighted by Gasteiger charge is 2.38. The van der Waals surface area contributed by atoms with Crippen LogP contribution in [0.4, 0.5) is 34.1 Å². The molecule has 0 aliphatic heterocycles. The van der Waals surface area contributed by atoms with Crippen LogP contribution in [0.15, 0.2) is 237 Å². The highest BCUT2D eigenvalue weighted by Crippen LogP contribution is 2.53. The van der Waals surface area contributed by atoms with Crippen molar-refractivity contribution in [1.82, 2.24) is 0 Å². The summed E-state index contributed by atoms with van der Waals surface area (Å²) in [4.78, 5) is 4.88. The number of allylic oxidation sites excluding steroid dienone is 1. The highest BCUT2D eigenvalue weighted by atomic mass is 15.1. The molecule has 0 radical (unpaired) electrons. The van der Waals surface area contributed by atoms with Crippen LogP contribution in [0.2, 0.25) is 0 Å². The van der Waals surface area contributed by atoms with E-state index in [1.807, 2.05) is 0 Å². The predicted molar refractivity (Wildman–Crippen MR) is 334 cm³/mol. The van der Waals surface area contributed by atoms with E-state index in [1.54, 1.807) is 0 Å². The van der Waals surface area contributed by atoms with E-state index >= 15 is 0 Å². The Morgan fingerprint density at radius 3 is 1.38 bits per heavy atom. The topological polar surface area (TPSA) is 6.48 Å². The quantitative estimate of drug-likeness (QED) is 0.126. The fourth-order valence-corrected chi connectivity index (χ4v) is 13.1. The molecule has 0 atom stereocenters. The van der Waals surface area contributed by atoms with Gasteiger partial charge in [-0.3, -0.25) is 0 Å². The summed E-state index contributed by atoms with van der Waals surface area (Å²) in [5.74, 6) is 0. The number of fused-ring (bicyclic) bond motifs is 9. The molecule has 0 N–H and O–H groups in total. The second-order valence-corrected chi connectivity index (χ2v) is 22.4. The fraction of sp³-hybridized carbons (Fsp3) is 0.105. The van der Waals surface area contributed by atoms with Crippen molar-refractivity contribution < 1.29 is 0 Å². The maximum absolute atomic E-state index is 2.46. The summed E-state index contributed by atoms with van der Waals surface area (Å²) >= 11 is 0. The molecule has 374 valence electrons. The molecular weight excluding hydrogens is 941 g/mol. The van der Waals surface area contributed by atoms with Gasteiger partial charge >= 0.3 is 0 Å². The molecule has 2 heteroatoms. The minimum absolute atomic E-state index is 0.183. The molecule has 2 nitrogen and oxygen atoms in total. The molecule has 0 fully saturated rings. The summed E-state index contributed by atoms with van der Waals surface area (Å²) in [5, 5.41) is 4.94. The van der Waals surface area contributed by atoms with Crippen LogP contribution in [0, 0.1) is 0 Å². The minimum atomic E-state index is -0.195. The van der Waals surface area contributed by atoms with E-state index in [2.05, 4.69) is 304 Å². The van der Waals surface area contributed by atoms with Gasteiger partial charge < -0.3 is 9.80 Å². The number of hydrogen-bond donors (Lipinski definition) is 0. The largest absolute Gasteiger partial charge is 0.310 e. The summed E-state index contributed by atoms with van der Waals surface area (Å²) in [6, 6.07) is 85.3. The molecule has 0 unspecified atom stereocenters. The van der Waals surface area contributed by atoms with Crippen LogP contribution in [0.5, 0.6) is 0 Å². The number of nitrogens with zero attached hydrogens (tertiary/aromatic N) is 2. The molecule has 0 saturated carbocycles. The van der Waals surface area contributed by atoms with Crippen molar-refractivity contribution in [2.24, 2.45) is 0 Å². The van der Waals surface area contributed by atoms with Crippen molar-refractivity contribution >= 4 is 86.0 Å². The van der Waals surface area contributed by atoms with Crippen LogP contribution in [-0.4, -0.2) is 0 Å². The predicted octanol–water partition coefficient (Wildman–Crippen LogP) is 20.8. The molecule has 3 aliphatic rings. The van der Waals surface area contributed by atoms with Crippen LogP contribution in [0.3, 0.4) is 0 Å². The van der Waals surface area contributed by atoms with E-state index in [1.165, 1.54) is 122 Å². The smallest absolute Gasteiger partial charge is 0.0540 e. The zero-order valence-corrected chi connectivity index (χ0v) is 44.7. The van der Waals surface area contributed by atoms with E-state index in [0.29, 0.717) is 0 Å². The number of para-hydroxylation sites is 2. The zero-order valence-electron chi connectivity index (χ0n) is 44.7. The van der Waals surface area contributed by atoms with Crippen LogP contribution >= 0.6 is 0 Å². The Hall–Kier alpha value is -9.24. The van der Waals surface area contributed by atoms with Gasteiger partial charge in [-0.15, -0.1) is 0 Å². The lowest BCUT2D eigenvalue weighted by atomic mass is 9.81. The maximum Gasteiger partial charge on any atom is 0.0540 e. The Bertz CT molecular complexity index is 4260. The number of anilines is 6. The molecule has 11 aromatic rings. The van der Waals surface area contributed by atoms with Gasteiger partial charge in [-0.25, -0.2) is 0 Å². The van der Waals surface area contributed by atoms with Crippen molar-refractivity contribution in [2.75, 3.05) is 9.80 Å². The number of rotatable bonds is 10. The summed E-state index contributed by atoms with van der Waals surface area (Å²) in [6.07, 6.45) is 15.9. The molecular formula is C76H60N2. The van der Waals surface area contributed by atoms with Crippen LogP contribution in [0.25, 0.3) is 74.2 Å². The fourth-order valence-electron chi connectivity index (χ4n) is 13.1. The van der Waals surface area contributed by atoms with Gasteiger partial charge in [0.15, 0.2) is 0 Å². The molecule has 0 heterocycles. The minimum Gasteiger partial charge on any atom is -0.310 e. The molecule has 14 rings (SSSR count). The molecule has 11 aromatic carbocycles. The van der Waals surface area contributed by atoms with Crippen molar-refractivity contribution in [2.45, 2.75) is 51.4 Å². The maximum atomic E-state index is 2.46. The van der Waals surface area contributed by atoms with Crippen LogP contribution in [0.1, 0.15) is 89.8 Å². The van der Waals surface area contributed by atoms with Crippen molar-refractivity contribution in [3.8, 4) is 22.3 Å². The van der Waals surface area contributed by atoms with E-state index in [-0.39, 0.29) is 10.8 Å². The van der Waals surface area contributed by atoms with E-state index in [0.717, 1.165) is 24.2 Å². The first-order chi connectivity index (χ1) is 38.2. The molecule has 3 aliphatic carbocycles. The lowest BCUT2D eigenvalue weighted by Gasteiger charge is -2.30. The lowest BCUT2D eigenvalue weighted by Crippen LogP contribution is -2.17. The molecule has 0 bridgehead atoms. The van der Waals surface area contributed by atoms with Crippen LogP contribution < -0.4 is 9.80 Å². The Kier molecular flexibility index (Phi) is 11.4. The summed E-state index contributed by atoms with van der Waals surface area (Å²) < 4.78 is 0. The van der Waals surface area contributed by atoms with Gasteiger partial charge in [0.25, 0.3) is 0 Å². The lowest BCUT2D eigenvalue weighted by molar-refractivity contribution is 0.660. The second-order valence-electron chi connectivity index (χ2n) is 22.4. The second kappa shape index (κ2) is 18.8. The van der Waals surface area contributed by atoms with Gasteiger partial charge in [0.05, 0.1) is 5.69 Å². The third-order valence-electron chi connectivity index (χ3n) is 17.1. The van der Waals surface area contributed by atoms with E-state index < -0.39 is 0 Å². The molecule has 0 spiro atoms. The average molecular weight is 1000 g/mol. The van der Waals surface area contributed by atoms with Gasteiger partial charge in [0, 0.05) is 44.7 Å². The zero-order chi connectivity index (χ0) is 52.5.